The van der Waals surface area contributed by atoms with E-state index in [0.29, 0.717) is 12.1 Å². The van der Waals surface area contributed by atoms with Gasteiger partial charge in [0, 0.05) is 12.0 Å². The average Bonchev–Trinajstić information content (AvgIpc) is 2.91. The van der Waals surface area contributed by atoms with Crippen LogP contribution in [0.4, 0.5) is 4.39 Å². The van der Waals surface area contributed by atoms with Crippen LogP contribution in [0.5, 0.6) is 0 Å². The molecule has 0 saturated carbocycles. The van der Waals surface area contributed by atoms with Gasteiger partial charge in [0.15, 0.2) is 0 Å². The number of aromatic nitrogens is 2. The number of hydrogen-bond acceptors (Lipinski definition) is 2. The lowest BCUT2D eigenvalue weighted by atomic mass is 10.1. The van der Waals surface area contributed by atoms with E-state index in [-0.39, 0.29) is 5.82 Å². The molecule has 120 valence electrons. The summed E-state index contributed by atoms with van der Waals surface area (Å²) in [5.41, 5.74) is 2.22. The van der Waals surface area contributed by atoms with Crippen LogP contribution in [-0.2, 0) is 13.0 Å². The number of para-hydroxylation sites is 2. The molecule has 1 heterocycles. The van der Waals surface area contributed by atoms with Crippen molar-refractivity contribution in [1.82, 2.24) is 9.55 Å². The van der Waals surface area contributed by atoms with Crippen LogP contribution in [0.2, 0.25) is 0 Å². The first-order chi connectivity index (χ1) is 11.2. The van der Waals surface area contributed by atoms with Crippen molar-refractivity contribution in [3.05, 3.63) is 65.7 Å². The van der Waals surface area contributed by atoms with Crippen LogP contribution in [0, 0.1) is 5.82 Å². The summed E-state index contributed by atoms with van der Waals surface area (Å²) in [7, 11) is 0. The molecule has 0 saturated heterocycles. The monoisotopic (exact) mass is 312 g/mol. The first-order valence-electron chi connectivity index (χ1n) is 8.07. The molecule has 0 fully saturated rings. The molecular weight excluding hydrogens is 291 g/mol. The molecule has 0 bridgehead atoms. The van der Waals surface area contributed by atoms with Gasteiger partial charge in [-0.25, -0.2) is 9.37 Å². The van der Waals surface area contributed by atoms with Gasteiger partial charge in [-0.1, -0.05) is 43.7 Å². The quantitative estimate of drug-likeness (QED) is 0.739. The zero-order valence-corrected chi connectivity index (χ0v) is 13.2. The molecule has 3 nitrogen and oxygen atoms in total. The third-order valence-electron chi connectivity index (χ3n) is 4.11. The van der Waals surface area contributed by atoms with Crippen LogP contribution >= 0.6 is 0 Å². The van der Waals surface area contributed by atoms with E-state index < -0.39 is 6.10 Å². The van der Waals surface area contributed by atoms with Gasteiger partial charge in [-0.3, -0.25) is 0 Å². The Bertz CT molecular complexity index is 797. The van der Waals surface area contributed by atoms with Crippen LogP contribution < -0.4 is 0 Å². The third-order valence-corrected chi connectivity index (χ3v) is 4.11. The Labute approximate surface area is 135 Å². The molecule has 4 heteroatoms. The predicted octanol–water partition coefficient (Wildman–Crippen LogP) is 4.25. The van der Waals surface area contributed by atoms with Gasteiger partial charge < -0.3 is 9.67 Å². The molecule has 2 aromatic carbocycles. The number of aryl methyl sites for hydroxylation is 1. The largest absolute Gasteiger partial charge is 0.386 e. The van der Waals surface area contributed by atoms with E-state index >= 15 is 0 Å². The van der Waals surface area contributed by atoms with Crippen molar-refractivity contribution < 1.29 is 9.50 Å². The number of nitrogens with zero attached hydrogens (tertiary/aromatic N) is 2. The highest BCUT2D eigenvalue weighted by atomic mass is 19.1. The average molecular weight is 312 g/mol. The highest BCUT2D eigenvalue weighted by molar-refractivity contribution is 5.75. The molecule has 23 heavy (non-hydrogen) atoms. The molecule has 3 aromatic rings. The number of unbranched alkanes of at least 4 members (excludes halogenated alkanes) is 1. The summed E-state index contributed by atoms with van der Waals surface area (Å²) < 4.78 is 15.9. The molecule has 0 amide bonds. The van der Waals surface area contributed by atoms with Gasteiger partial charge in [-0.05, 0) is 24.6 Å². The first-order valence-corrected chi connectivity index (χ1v) is 8.07. The maximum absolute atomic E-state index is 13.9. The Morgan fingerprint density at radius 1 is 1.13 bits per heavy atom. The molecule has 0 aliphatic heterocycles. The third kappa shape index (κ3) is 3.27. The minimum Gasteiger partial charge on any atom is -0.386 e. The second kappa shape index (κ2) is 6.92. The summed E-state index contributed by atoms with van der Waals surface area (Å²) in [5, 5.41) is 10.5. The van der Waals surface area contributed by atoms with Gasteiger partial charge in [0.05, 0.1) is 23.7 Å². The van der Waals surface area contributed by atoms with Gasteiger partial charge in [-0.15, -0.1) is 0 Å². The summed E-state index contributed by atoms with van der Waals surface area (Å²) in [4.78, 5) is 4.68. The van der Waals surface area contributed by atoms with Crippen molar-refractivity contribution in [3.8, 4) is 0 Å². The molecule has 1 N–H and O–H groups in total. The van der Waals surface area contributed by atoms with E-state index in [9.17, 15) is 9.50 Å². The standard InChI is InChI=1S/C19H21FN2O/c1-2-3-12-19-21-16-10-6-7-11-17(16)22(19)13-18(23)14-8-4-5-9-15(14)20/h4-11,18,23H,2-3,12-13H2,1H3/t18-/m0/s1. The number of halogens is 1. The van der Waals surface area contributed by atoms with Crippen molar-refractivity contribution >= 4 is 11.0 Å². The van der Waals surface area contributed by atoms with Crippen molar-refractivity contribution in [3.63, 3.8) is 0 Å². The number of hydrogen-bond donors (Lipinski definition) is 1. The fourth-order valence-electron chi connectivity index (χ4n) is 2.87. The summed E-state index contributed by atoms with van der Waals surface area (Å²) in [6.07, 6.45) is 2.09. The maximum Gasteiger partial charge on any atom is 0.129 e. The fraction of sp³-hybridized carbons (Fsp3) is 0.316. The van der Waals surface area contributed by atoms with E-state index in [0.717, 1.165) is 36.1 Å². The van der Waals surface area contributed by atoms with Gasteiger partial charge in [0.1, 0.15) is 11.6 Å². The molecule has 3 rings (SSSR count). The van der Waals surface area contributed by atoms with Gasteiger partial charge in [0.2, 0.25) is 0 Å². The molecule has 1 atom stereocenters. The molecule has 0 unspecified atom stereocenters. The van der Waals surface area contributed by atoms with E-state index in [1.165, 1.54) is 6.07 Å². The predicted molar refractivity (Wildman–Crippen MR) is 89.7 cm³/mol. The Morgan fingerprint density at radius 2 is 1.87 bits per heavy atom. The number of rotatable bonds is 6. The fourth-order valence-corrected chi connectivity index (χ4v) is 2.87. The smallest absolute Gasteiger partial charge is 0.129 e. The van der Waals surface area contributed by atoms with Crippen LogP contribution in [0.3, 0.4) is 0 Å². The van der Waals surface area contributed by atoms with Crippen LogP contribution in [-0.4, -0.2) is 14.7 Å². The molecule has 0 spiro atoms. The van der Waals surface area contributed by atoms with E-state index in [1.54, 1.807) is 18.2 Å². The highest BCUT2D eigenvalue weighted by Crippen LogP contribution is 2.23. The summed E-state index contributed by atoms with van der Waals surface area (Å²) in [6, 6.07) is 14.3. The zero-order valence-electron chi connectivity index (χ0n) is 13.2. The van der Waals surface area contributed by atoms with Crippen molar-refractivity contribution in [2.45, 2.75) is 38.8 Å². The topological polar surface area (TPSA) is 38.0 Å². The second-order valence-corrected chi connectivity index (χ2v) is 5.77. The Kier molecular flexibility index (Phi) is 4.72. The molecule has 0 aliphatic rings. The summed E-state index contributed by atoms with van der Waals surface area (Å²) in [5.74, 6) is 0.572. The Balaban J connectivity index is 1.96. The molecule has 0 aliphatic carbocycles. The maximum atomic E-state index is 13.9. The van der Waals surface area contributed by atoms with Crippen molar-refractivity contribution in [2.75, 3.05) is 0 Å². The van der Waals surface area contributed by atoms with E-state index in [4.69, 9.17) is 0 Å². The highest BCUT2D eigenvalue weighted by Gasteiger charge is 2.17. The van der Waals surface area contributed by atoms with Gasteiger partial charge >= 0.3 is 0 Å². The van der Waals surface area contributed by atoms with Crippen LogP contribution in [0.25, 0.3) is 11.0 Å². The van der Waals surface area contributed by atoms with E-state index in [1.807, 2.05) is 28.8 Å². The number of imidazole rings is 1. The van der Waals surface area contributed by atoms with Gasteiger partial charge in [0.25, 0.3) is 0 Å². The number of aliphatic hydroxyl groups excluding tert-OH is 1. The lowest BCUT2D eigenvalue weighted by Gasteiger charge is -2.15. The molecular formula is C19H21FN2O. The van der Waals surface area contributed by atoms with Crippen molar-refractivity contribution in [2.24, 2.45) is 0 Å². The van der Waals surface area contributed by atoms with E-state index in [2.05, 4.69) is 11.9 Å². The van der Waals surface area contributed by atoms with Crippen LogP contribution in [0.15, 0.2) is 48.5 Å². The number of fused-ring (bicyclic) bond motifs is 1. The number of aliphatic hydroxyl groups is 1. The van der Waals surface area contributed by atoms with Gasteiger partial charge in [-0.2, -0.15) is 0 Å². The molecule has 0 radical (unpaired) electrons. The Morgan fingerprint density at radius 3 is 2.65 bits per heavy atom. The minimum atomic E-state index is -0.894. The Hall–Kier alpha value is -2.20. The molecule has 1 aromatic heterocycles. The zero-order chi connectivity index (χ0) is 16.2. The second-order valence-electron chi connectivity index (χ2n) is 5.77. The van der Waals surface area contributed by atoms with Crippen LogP contribution in [0.1, 0.15) is 37.3 Å². The minimum absolute atomic E-state index is 0.306. The SMILES string of the molecule is CCCCc1nc2ccccc2n1C[C@H](O)c1ccccc1F. The lowest BCUT2D eigenvalue weighted by Crippen LogP contribution is -2.13. The summed E-state index contributed by atoms with van der Waals surface area (Å²) in [6.45, 7) is 2.45. The normalized spacial score (nSPS) is 12.7. The first kappa shape index (κ1) is 15.7. The number of benzene rings is 2. The van der Waals surface area contributed by atoms with Crippen molar-refractivity contribution in [1.29, 1.82) is 0 Å². The summed E-state index contributed by atoms with van der Waals surface area (Å²) >= 11 is 0. The lowest BCUT2D eigenvalue weighted by molar-refractivity contribution is 0.152.